The van der Waals surface area contributed by atoms with E-state index in [1.165, 1.54) is 0 Å². The molecule has 2 unspecified atom stereocenters. The summed E-state index contributed by atoms with van der Waals surface area (Å²) in [7, 11) is 0. The predicted octanol–water partition coefficient (Wildman–Crippen LogP) is 2.97. The van der Waals surface area contributed by atoms with Crippen molar-refractivity contribution in [3.05, 3.63) is 58.7 Å². The van der Waals surface area contributed by atoms with Crippen LogP contribution in [0.25, 0.3) is 0 Å². The summed E-state index contributed by atoms with van der Waals surface area (Å²) in [5.74, 6) is 1.04. The van der Waals surface area contributed by atoms with Crippen LogP contribution in [0.15, 0.2) is 36.4 Å². The molecule has 2 aromatic rings. The van der Waals surface area contributed by atoms with Gasteiger partial charge in [0.2, 0.25) is 0 Å². The Bertz CT molecular complexity index is 875. The van der Waals surface area contributed by atoms with Crippen LogP contribution in [0.1, 0.15) is 76.0 Å². The van der Waals surface area contributed by atoms with Crippen LogP contribution in [0, 0.1) is 0 Å². The molecule has 0 aliphatic heterocycles. The fourth-order valence-corrected chi connectivity index (χ4v) is 3.49. The third-order valence-corrected chi connectivity index (χ3v) is 5.53. The fourth-order valence-electron chi connectivity index (χ4n) is 3.49. The number of benzene rings is 2. The number of aliphatic hydroxyl groups is 4. The molecule has 0 aliphatic rings. The normalized spacial score (nSPS) is 13.9. The topological polar surface area (TPSA) is 123 Å². The van der Waals surface area contributed by atoms with Crippen LogP contribution in [-0.2, 0) is 13.2 Å². The zero-order valence-corrected chi connectivity index (χ0v) is 22.5. The molecule has 0 saturated carbocycles. The van der Waals surface area contributed by atoms with E-state index in [1.807, 2.05) is 41.5 Å². The van der Waals surface area contributed by atoms with Gasteiger partial charge in [-0.3, -0.25) is 0 Å². The second-order valence-corrected chi connectivity index (χ2v) is 11.0. The number of aliphatic hydroxyl groups excluding tert-OH is 4. The maximum Gasteiger partial charge on any atom is 0.125 e. The largest absolute Gasteiger partial charge is 0.490 e. The summed E-state index contributed by atoms with van der Waals surface area (Å²) in [5, 5.41) is 47.0. The third kappa shape index (κ3) is 10.0. The maximum atomic E-state index is 10.5. The summed E-state index contributed by atoms with van der Waals surface area (Å²) in [6.45, 7) is 13.0. The molecular weight excluding hydrogens is 460 g/mol. The summed E-state index contributed by atoms with van der Waals surface area (Å²) < 4.78 is 11.6. The average molecular weight is 505 g/mol. The van der Waals surface area contributed by atoms with Crippen LogP contribution < -0.4 is 20.1 Å². The van der Waals surface area contributed by atoms with E-state index >= 15 is 0 Å². The number of ether oxygens (including phenoxy) is 2. The first-order valence-corrected chi connectivity index (χ1v) is 12.4. The van der Waals surface area contributed by atoms with Gasteiger partial charge in [-0.05, 0) is 76.9 Å². The standard InChI is InChI=1S/C28H44N2O6/c1-27(2,3)29-15-23(33)19-7-9-25(21(13-19)17-31)35-11-12-36-26-10-8-20(14-22(26)18-32)24(34)16-30-28(4,5)6/h7-10,13-14,23-24,29-34H,11-12,15-18H2,1-6H3. The van der Waals surface area contributed by atoms with Crippen LogP contribution in [-0.4, -0.2) is 57.8 Å². The second kappa shape index (κ2) is 13.4. The molecule has 2 atom stereocenters. The molecule has 0 amide bonds. The van der Waals surface area contributed by atoms with Crippen molar-refractivity contribution in [3.8, 4) is 11.5 Å². The third-order valence-electron chi connectivity index (χ3n) is 5.53. The van der Waals surface area contributed by atoms with Crippen molar-refractivity contribution in [1.82, 2.24) is 10.6 Å². The minimum absolute atomic E-state index is 0.108. The van der Waals surface area contributed by atoms with Gasteiger partial charge < -0.3 is 40.5 Å². The lowest BCUT2D eigenvalue weighted by Gasteiger charge is -2.23. The Morgan fingerprint density at radius 1 is 0.667 bits per heavy atom. The molecule has 0 saturated heterocycles. The van der Waals surface area contributed by atoms with Crippen LogP contribution >= 0.6 is 0 Å². The van der Waals surface area contributed by atoms with E-state index in [1.54, 1.807) is 36.4 Å². The lowest BCUT2D eigenvalue weighted by molar-refractivity contribution is 0.162. The van der Waals surface area contributed by atoms with E-state index in [4.69, 9.17) is 9.47 Å². The van der Waals surface area contributed by atoms with Gasteiger partial charge in [0.15, 0.2) is 0 Å². The van der Waals surface area contributed by atoms with Gasteiger partial charge in [0.05, 0.1) is 25.4 Å². The molecule has 2 aromatic carbocycles. The molecule has 0 aromatic heterocycles. The summed E-state index contributed by atoms with van der Waals surface area (Å²) >= 11 is 0. The highest BCUT2D eigenvalue weighted by atomic mass is 16.5. The molecule has 0 bridgehead atoms. The number of rotatable bonds is 13. The lowest BCUT2D eigenvalue weighted by atomic mass is 10.0. The monoisotopic (exact) mass is 504 g/mol. The van der Waals surface area contributed by atoms with Gasteiger partial charge in [-0.25, -0.2) is 0 Å². The van der Waals surface area contributed by atoms with E-state index < -0.39 is 12.2 Å². The molecule has 0 aliphatic carbocycles. The molecule has 6 N–H and O–H groups in total. The van der Waals surface area contributed by atoms with Crippen LogP contribution in [0.5, 0.6) is 11.5 Å². The Labute approximate surface area is 215 Å². The Hall–Kier alpha value is -2.20. The minimum atomic E-state index is -0.699. The molecule has 0 fully saturated rings. The summed E-state index contributed by atoms with van der Waals surface area (Å²) in [5.41, 5.74) is 2.35. The molecule has 0 radical (unpaired) electrons. The molecule has 8 heteroatoms. The highest BCUT2D eigenvalue weighted by Gasteiger charge is 2.17. The van der Waals surface area contributed by atoms with Gasteiger partial charge in [0, 0.05) is 35.3 Å². The van der Waals surface area contributed by atoms with Crippen molar-refractivity contribution in [2.75, 3.05) is 26.3 Å². The van der Waals surface area contributed by atoms with Gasteiger partial charge >= 0.3 is 0 Å². The number of nitrogens with one attached hydrogen (secondary N) is 2. The van der Waals surface area contributed by atoms with Crippen LogP contribution in [0.4, 0.5) is 0 Å². The molecule has 0 heterocycles. The van der Waals surface area contributed by atoms with Gasteiger partial charge in [-0.1, -0.05) is 12.1 Å². The molecule has 0 spiro atoms. The predicted molar refractivity (Wildman–Crippen MR) is 141 cm³/mol. The summed E-state index contributed by atoms with van der Waals surface area (Å²) in [6.07, 6.45) is -1.40. The Balaban J connectivity index is 1.93. The number of β-amino-alcohol motifs (C(OH)–C–C–N with tert-alkyl or cyclic N) is 2. The van der Waals surface area contributed by atoms with Gasteiger partial charge in [0.1, 0.15) is 24.7 Å². The average Bonchev–Trinajstić information content (AvgIpc) is 2.82. The van der Waals surface area contributed by atoms with Gasteiger partial charge in [-0.2, -0.15) is 0 Å². The van der Waals surface area contributed by atoms with E-state index in [2.05, 4.69) is 10.6 Å². The van der Waals surface area contributed by atoms with E-state index in [9.17, 15) is 20.4 Å². The zero-order chi connectivity index (χ0) is 26.9. The Morgan fingerprint density at radius 2 is 1.03 bits per heavy atom. The second-order valence-electron chi connectivity index (χ2n) is 11.0. The molecule has 36 heavy (non-hydrogen) atoms. The number of hydrogen-bond acceptors (Lipinski definition) is 8. The van der Waals surface area contributed by atoms with Crippen molar-refractivity contribution in [2.24, 2.45) is 0 Å². The summed E-state index contributed by atoms with van der Waals surface area (Å²) in [4.78, 5) is 0. The van der Waals surface area contributed by atoms with E-state index in [-0.39, 0.29) is 37.5 Å². The fraction of sp³-hybridized carbons (Fsp3) is 0.571. The first kappa shape index (κ1) is 30.0. The van der Waals surface area contributed by atoms with Crippen molar-refractivity contribution < 1.29 is 29.9 Å². The Kier molecular flexibility index (Phi) is 11.2. The van der Waals surface area contributed by atoms with E-state index in [0.717, 1.165) is 0 Å². The molecule has 2 rings (SSSR count). The zero-order valence-electron chi connectivity index (χ0n) is 22.5. The molecular formula is C28H44N2O6. The van der Waals surface area contributed by atoms with E-state index in [0.29, 0.717) is 46.8 Å². The first-order chi connectivity index (χ1) is 16.8. The van der Waals surface area contributed by atoms with Crippen molar-refractivity contribution in [1.29, 1.82) is 0 Å². The quantitative estimate of drug-likeness (QED) is 0.230. The SMILES string of the molecule is CC(C)(C)NCC(O)c1ccc(OCCOc2ccc(C(O)CNC(C)(C)C)cc2CO)c(CO)c1. The van der Waals surface area contributed by atoms with Gasteiger partial charge in [0.25, 0.3) is 0 Å². The highest BCUT2D eigenvalue weighted by molar-refractivity contribution is 5.39. The van der Waals surface area contributed by atoms with Crippen molar-refractivity contribution in [3.63, 3.8) is 0 Å². The van der Waals surface area contributed by atoms with Crippen LogP contribution in [0.2, 0.25) is 0 Å². The van der Waals surface area contributed by atoms with Crippen LogP contribution in [0.3, 0.4) is 0 Å². The maximum absolute atomic E-state index is 10.5. The first-order valence-electron chi connectivity index (χ1n) is 12.4. The Morgan fingerprint density at radius 3 is 1.33 bits per heavy atom. The lowest BCUT2D eigenvalue weighted by Crippen LogP contribution is -2.38. The minimum Gasteiger partial charge on any atom is -0.490 e. The number of hydrogen-bond donors (Lipinski definition) is 6. The molecule has 8 nitrogen and oxygen atoms in total. The molecule has 202 valence electrons. The summed E-state index contributed by atoms with van der Waals surface area (Å²) in [6, 6.07) is 10.5. The highest BCUT2D eigenvalue weighted by Crippen LogP contribution is 2.26. The van der Waals surface area contributed by atoms with Gasteiger partial charge in [-0.15, -0.1) is 0 Å². The smallest absolute Gasteiger partial charge is 0.125 e. The van der Waals surface area contributed by atoms with Crippen molar-refractivity contribution in [2.45, 2.75) is 78.0 Å². The van der Waals surface area contributed by atoms with Crippen molar-refractivity contribution >= 4 is 0 Å².